The third-order valence-electron chi connectivity index (χ3n) is 2.38. The first-order valence-corrected chi connectivity index (χ1v) is 5.89. The zero-order valence-electron chi connectivity index (χ0n) is 9.02. The highest BCUT2D eigenvalue weighted by molar-refractivity contribution is 7.08. The van der Waals surface area contributed by atoms with Gasteiger partial charge < -0.3 is 5.11 Å². The number of thiophene rings is 1. The van der Waals surface area contributed by atoms with E-state index in [4.69, 9.17) is 0 Å². The van der Waals surface area contributed by atoms with Crippen molar-refractivity contribution in [3.8, 4) is 11.3 Å². The molecule has 2 aromatic heterocycles. The molecule has 0 aliphatic rings. The largest absolute Gasteiger partial charge is 0.478 e. The molecule has 2 N–H and O–H groups in total. The van der Waals surface area contributed by atoms with Crippen molar-refractivity contribution in [2.24, 2.45) is 0 Å². The Hall–Kier alpha value is -1.62. The number of hydrogen-bond acceptors (Lipinski definition) is 3. The molecule has 0 fully saturated rings. The normalized spacial score (nSPS) is 10.9. The van der Waals surface area contributed by atoms with Gasteiger partial charge in [-0.3, -0.25) is 5.10 Å². The van der Waals surface area contributed by atoms with Gasteiger partial charge in [0.15, 0.2) is 0 Å². The van der Waals surface area contributed by atoms with Crippen LogP contribution in [-0.2, 0) is 0 Å². The van der Waals surface area contributed by atoms with Gasteiger partial charge in [-0.25, -0.2) is 4.79 Å². The number of aromatic nitrogens is 2. The summed E-state index contributed by atoms with van der Waals surface area (Å²) in [4.78, 5) is 11.2. The van der Waals surface area contributed by atoms with Crippen LogP contribution in [0.25, 0.3) is 11.3 Å². The number of nitrogens with one attached hydrogen (secondary N) is 1. The van der Waals surface area contributed by atoms with E-state index in [0.29, 0.717) is 11.4 Å². The average Bonchev–Trinajstić information content (AvgIpc) is 2.85. The summed E-state index contributed by atoms with van der Waals surface area (Å²) in [5, 5.41) is 19.9. The van der Waals surface area contributed by atoms with Crippen LogP contribution >= 0.6 is 11.3 Å². The minimum Gasteiger partial charge on any atom is -0.478 e. The SMILES string of the molecule is CC(C)c1[nH]nc(-c2ccsc2)c1C(=O)O. The molecule has 2 heterocycles. The molecule has 84 valence electrons. The van der Waals surface area contributed by atoms with Gasteiger partial charge in [-0.2, -0.15) is 16.4 Å². The molecule has 4 nitrogen and oxygen atoms in total. The smallest absolute Gasteiger partial charge is 0.339 e. The molecular weight excluding hydrogens is 224 g/mol. The van der Waals surface area contributed by atoms with Crippen LogP contribution in [0, 0.1) is 0 Å². The fraction of sp³-hybridized carbons (Fsp3) is 0.273. The van der Waals surface area contributed by atoms with Gasteiger partial charge in [-0.05, 0) is 17.4 Å². The summed E-state index contributed by atoms with van der Waals surface area (Å²) in [6, 6.07) is 1.87. The predicted molar refractivity (Wildman–Crippen MR) is 62.9 cm³/mol. The van der Waals surface area contributed by atoms with Crippen LogP contribution in [0.1, 0.15) is 35.8 Å². The molecule has 0 saturated heterocycles. The van der Waals surface area contributed by atoms with E-state index in [9.17, 15) is 9.90 Å². The minimum atomic E-state index is -0.932. The number of H-pyrrole nitrogens is 1. The van der Waals surface area contributed by atoms with Crippen LogP contribution in [0.3, 0.4) is 0 Å². The summed E-state index contributed by atoms with van der Waals surface area (Å²) in [5.74, 6) is -0.815. The number of nitrogens with zero attached hydrogens (tertiary/aromatic N) is 1. The van der Waals surface area contributed by atoms with Gasteiger partial charge >= 0.3 is 5.97 Å². The fourth-order valence-corrected chi connectivity index (χ4v) is 2.24. The number of aromatic carboxylic acids is 1. The zero-order chi connectivity index (χ0) is 11.7. The molecule has 0 unspecified atom stereocenters. The number of carbonyl (C=O) groups is 1. The maximum atomic E-state index is 11.2. The van der Waals surface area contributed by atoms with E-state index in [-0.39, 0.29) is 11.5 Å². The Bertz CT molecular complexity index is 500. The molecule has 0 spiro atoms. The molecule has 16 heavy (non-hydrogen) atoms. The first-order chi connectivity index (χ1) is 7.61. The molecule has 0 saturated carbocycles. The summed E-state index contributed by atoms with van der Waals surface area (Å²) in [7, 11) is 0. The third kappa shape index (κ3) is 1.74. The standard InChI is InChI=1S/C11H12N2O2S/c1-6(2)9-8(11(14)15)10(13-12-9)7-3-4-16-5-7/h3-6H,1-2H3,(H,12,13)(H,14,15). The lowest BCUT2D eigenvalue weighted by molar-refractivity contribution is 0.0696. The van der Waals surface area contributed by atoms with Crippen molar-refractivity contribution >= 4 is 17.3 Å². The highest BCUT2D eigenvalue weighted by Gasteiger charge is 2.22. The van der Waals surface area contributed by atoms with Crippen molar-refractivity contribution in [1.82, 2.24) is 10.2 Å². The molecule has 0 aliphatic carbocycles. The van der Waals surface area contributed by atoms with Crippen molar-refractivity contribution < 1.29 is 9.90 Å². The first-order valence-electron chi connectivity index (χ1n) is 4.95. The summed E-state index contributed by atoms with van der Waals surface area (Å²) < 4.78 is 0. The molecule has 0 bridgehead atoms. The number of carboxylic acid groups (broad SMARTS) is 1. The summed E-state index contributed by atoms with van der Waals surface area (Å²) in [6.45, 7) is 3.88. The molecular formula is C11H12N2O2S. The van der Waals surface area contributed by atoms with Gasteiger partial charge in [0.1, 0.15) is 11.3 Å². The van der Waals surface area contributed by atoms with Crippen LogP contribution < -0.4 is 0 Å². The summed E-state index contributed by atoms with van der Waals surface area (Å²) in [5.41, 5.74) is 2.34. The monoisotopic (exact) mass is 236 g/mol. The highest BCUT2D eigenvalue weighted by atomic mass is 32.1. The van der Waals surface area contributed by atoms with Crippen LogP contribution in [0.2, 0.25) is 0 Å². The molecule has 5 heteroatoms. The summed E-state index contributed by atoms with van der Waals surface area (Å²) in [6.07, 6.45) is 0. The Labute approximate surface area is 96.9 Å². The lowest BCUT2D eigenvalue weighted by Crippen LogP contribution is -2.03. The molecule has 0 radical (unpaired) electrons. The topological polar surface area (TPSA) is 66.0 Å². The predicted octanol–water partition coefficient (Wildman–Crippen LogP) is 2.96. The van der Waals surface area contributed by atoms with Crippen LogP contribution in [0.15, 0.2) is 16.8 Å². The molecule has 2 aromatic rings. The van der Waals surface area contributed by atoms with Gasteiger partial charge in [0.2, 0.25) is 0 Å². The summed E-state index contributed by atoms with van der Waals surface area (Å²) >= 11 is 1.53. The third-order valence-corrected chi connectivity index (χ3v) is 3.06. The molecule has 0 atom stereocenters. The Morgan fingerprint density at radius 1 is 1.56 bits per heavy atom. The Morgan fingerprint density at radius 2 is 2.31 bits per heavy atom. The molecule has 0 aromatic carbocycles. The van der Waals surface area contributed by atoms with Crippen molar-refractivity contribution in [1.29, 1.82) is 0 Å². The molecule has 2 rings (SSSR count). The zero-order valence-corrected chi connectivity index (χ0v) is 9.84. The maximum Gasteiger partial charge on any atom is 0.339 e. The number of hydrogen-bond donors (Lipinski definition) is 2. The quantitative estimate of drug-likeness (QED) is 0.861. The van der Waals surface area contributed by atoms with E-state index in [0.717, 1.165) is 5.56 Å². The van der Waals surface area contributed by atoms with E-state index in [2.05, 4.69) is 10.2 Å². The Morgan fingerprint density at radius 3 is 2.81 bits per heavy atom. The fourth-order valence-electron chi connectivity index (χ4n) is 1.60. The van der Waals surface area contributed by atoms with Crippen LogP contribution in [-0.4, -0.2) is 21.3 Å². The molecule has 0 aliphatic heterocycles. The van der Waals surface area contributed by atoms with Crippen molar-refractivity contribution in [2.45, 2.75) is 19.8 Å². The number of aromatic amines is 1. The van der Waals surface area contributed by atoms with Crippen LogP contribution in [0.5, 0.6) is 0 Å². The van der Waals surface area contributed by atoms with Crippen molar-refractivity contribution in [3.63, 3.8) is 0 Å². The van der Waals surface area contributed by atoms with Gasteiger partial charge in [-0.15, -0.1) is 0 Å². The van der Waals surface area contributed by atoms with Gasteiger partial charge in [-0.1, -0.05) is 13.8 Å². The lowest BCUT2D eigenvalue weighted by Gasteiger charge is -2.03. The average molecular weight is 236 g/mol. The first kappa shape index (κ1) is 10.9. The van der Waals surface area contributed by atoms with Crippen molar-refractivity contribution in [3.05, 3.63) is 28.1 Å². The minimum absolute atomic E-state index is 0.117. The number of carboxylic acids is 1. The second-order valence-electron chi connectivity index (χ2n) is 3.83. The van der Waals surface area contributed by atoms with Gasteiger partial charge in [0, 0.05) is 10.9 Å². The van der Waals surface area contributed by atoms with Crippen LogP contribution in [0.4, 0.5) is 0 Å². The van der Waals surface area contributed by atoms with Gasteiger partial charge in [0.05, 0.1) is 5.69 Å². The highest BCUT2D eigenvalue weighted by Crippen LogP contribution is 2.29. The van der Waals surface area contributed by atoms with E-state index in [1.54, 1.807) is 0 Å². The lowest BCUT2D eigenvalue weighted by atomic mass is 10.0. The van der Waals surface area contributed by atoms with Crippen molar-refractivity contribution in [2.75, 3.05) is 0 Å². The second-order valence-corrected chi connectivity index (χ2v) is 4.61. The number of rotatable bonds is 3. The van der Waals surface area contributed by atoms with Gasteiger partial charge in [0.25, 0.3) is 0 Å². The Kier molecular flexibility index (Phi) is 2.78. The maximum absolute atomic E-state index is 11.2. The second kappa shape index (κ2) is 4.09. The van der Waals surface area contributed by atoms with E-state index in [1.807, 2.05) is 30.7 Å². The van der Waals surface area contributed by atoms with E-state index < -0.39 is 5.97 Å². The van der Waals surface area contributed by atoms with E-state index in [1.165, 1.54) is 11.3 Å². The molecule has 0 amide bonds. The Balaban J connectivity index is 2.59. The van der Waals surface area contributed by atoms with E-state index >= 15 is 0 Å².